The van der Waals surface area contributed by atoms with Gasteiger partial charge in [-0.3, -0.25) is 4.79 Å². The highest BCUT2D eigenvalue weighted by atomic mass is 32.2. The van der Waals surface area contributed by atoms with Crippen molar-refractivity contribution in [1.29, 1.82) is 0 Å². The molecular formula is C22H27N3O5S. The molecule has 0 spiro atoms. The van der Waals surface area contributed by atoms with E-state index in [4.69, 9.17) is 15.2 Å². The molecule has 9 heteroatoms. The van der Waals surface area contributed by atoms with Crippen molar-refractivity contribution >= 4 is 29.6 Å². The Morgan fingerprint density at radius 3 is 2.29 bits per heavy atom. The number of carbonyl (C=O) groups excluding carboxylic acids is 1. The van der Waals surface area contributed by atoms with Crippen LogP contribution < -0.4 is 5.32 Å². The number of aromatic nitrogens is 2. The van der Waals surface area contributed by atoms with Gasteiger partial charge in [-0.2, -0.15) is 0 Å². The van der Waals surface area contributed by atoms with Gasteiger partial charge in [0.2, 0.25) is 5.91 Å². The fourth-order valence-corrected chi connectivity index (χ4v) is 3.67. The molecule has 0 aliphatic carbocycles. The smallest absolute Gasteiger partial charge is 0.328 e. The van der Waals surface area contributed by atoms with Crippen LogP contribution in [0.2, 0.25) is 0 Å². The van der Waals surface area contributed by atoms with Gasteiger partial charge in [-0.1, -0.05) is 18.6 Å². The number of hydrogen-bond donors (Lipinski definition) is 3. The Morgan fingerprint density at radius 2 is 1.74 bits per heavy atom. The highest BCUT2D eigenvalue weighted by Crippen LogP contribution is 2.29. The molecule has 1 aliphatic rings. The number of carboxylic acids is 2. The molecule has 2 heterocycles. The van der Waals surface area contributed by atoms with Crippen LogP contribution in [0.3, 0.4) is 0 Å². The van der Waals surface area contributed by atoms with E-state index in [2.05, 4.69) is 40.4 Å². The zero-order valence-corrected chi connectivity index (χ0v) is 18.4. The van der Waals surface area contributed by atoms with Gasteiger partial charge in [-0.25, -0.2) is 14.6 Å². The van der Waals surface area contributed by atoms with Crippen LogP contribution in [0, 0.1) is 0 Å². The minimum atomic E-state index is -1.26. The summed E-state index contributed by atoms with van der Waals surface area (Å²) in [6.07, 6.45) is 8.17. The molecule has 0 atom stereocenters. The molecule has 31 heavy (non-hydrogen) atoms. The van der Waals surface area contributed by atoms with Crippen LogP contribution in [0.4, 0.5) is 0 Å². The molecule has 8 nitrogen and oxygen atoms in total. The maximum atomic E-state index is 12.0. The van der Waals surface area contributed by atoms with Crippen LogP contribution in [0.15, 0.2) is 41.3 Å². The molecule has 2 aromatic rings. The minimum Gasteiger partial charge on any atom is -0.478 e. The lowest BCUT2D eigenvalue weighted by Gasteiger charge is -2.10. The molecule has 0 saturated carbocycles. The van der Waals surface area contributed by atoms with Crippen LogP contribution in [0.25, 0.3) is 11.3 Å². The maximum Gasteiger partial charge on any atom is 0.328 e. The van der Waals surface area contributed by atoms with Crippen molar-refractivity contribution in [3.05, 3.63) is 47.9 Å². The van der Waals surface area contributed by atoms with Crippen LogP contribution in [0.5, 0.6) is 0 Å². The average Bonchev–Trinajstić information content (AvgIpc) is 2.93. The van der Waals surface area contributed by atoms with E-state index in [1.165, 1.54) is 17.7 Å². The number of likely N-dealkylation sites (N-methyl/N-ethyl adjacent to an activating group) is 1. The second-order valence-corrected chi connectivity index (χ2v) is 7.75. The van der Waals surface area contributed by atoms with Crippen molar-refractivity contribution in [1.82, 2.24) is 14.9 Å². The van der Waals surface area contributed by atoms with Crippen LogP contribution in [0.1, 0.15) is 30.8 Å². The Kier molecular flexibility index (Phi) is 9.33. The van der Waals surface area contributed by atoms with Gasteiger partial charge in [-0.05, 0) is 31.2 Å². The average molecular weight is 446 g/mol. The first-order chi connectivity index (χ1) is 14.8. The Labute approximate surface area is 185 Å². The summed E-state index contributed by atoms with van der Waals surface area (Å²) in [4.78, 5) is 37.2. The predicted octanol–water partition coefficient (Wildman–Crippen LogP) is 3.00. The number of rotatable bonds is 6. The van der Waals surface area contributed by atoms with E-state index < -0.39 is 11.9 Å². The third kappa shape index (κ3) is 7.29. The van der Waals surface area contributed by atoms with E-state index >= 15 is 0 Å². The first-order valence-corrected chi connectivity index (χ1v) is 11.2. The van der Waals surface area contributed by atoms with Gasteiger partial charge in [0.1, 0.15) is 5.82 Å². The van der Waals surface area contributed by atoms with E-state index in [0.29, 0.717) is 18.6 Å². The van der Waals surface area contributed by atoms with Crippen molar-refractivity contribution in [2.75, 3.05) is 13.3 Å². The summed E-state index contributed by atoms with van der Waals surface area (Å²) in [5.74, 6) is -1.34. The van der Waals surface area contributed by atoms with Crippen LogP contribution in [-0.2, 0) is 33.8 Å². The van der Waals surface area contributed by atoms with Crippen molar-refractivity contribution in [2.24, 2.45) is 0 Å². The molecular weight excluding hydrogens is 418 g/mol. The number of aliphatic carboxylic acids is 2. The summed E-state index contributed by atoms with van der Waals surface area (Å²) in [5, 5.41) is 18.4. The first-order valence-electron chi connectivity index (χ1n) is 9.93. The lowest BCUT2D eigenvalue weighted by Crippen LogP contribution is -2.22. The largest absolute Gasteiger partial charge is 0.478 e. The van der Waals surface area contributed by atoms with Crippen molar-refractivity contribution in [3.8, 4) is 11.3 Å². The summed E-state index contributed by atoms with van der Waals surface area (Å²) in [7, 11) is 1.69. The third-order valence-electron chi connectivity index (χ3n) is 4.77. The third-order valence-corrected chi connectivity index (χ3v) is 5.52. The zero-order valence-electron chi connectivity index (χ0n) is 17.6. The number of carbonyl (C=O) groups is 3. The number of carboxylic acid groups (broad SMARTS) is 2. The fraction of sp³-hybridized carbons (Fsp3) is 0.364. The fourth-order valence-electron chi connectivity index (χ4n) is 3.26. The lowest BCUT2D eigenvalue weighted by molar-refractivity contribution is -0.134. The summed E-state index contributed by atoms with van der Waals surface area (Å²) in [6, 6.07) is 8.46. The van der Waals surface area contributed by atoms with E-state index in [1.807, 2.05) is 0 Å². The quantitative estimate of drug-likeness (QED) is 0.461. The number of hydrogen-bond acceptors (Lipinski definition) is 5. The van der Waals surface area contributed by atoms with Gasteiger partial charge >= 0.3 is 11.9 Å². The normalized spacial score (nSPS) is 13.0. The maximum absolute atomic E-state index is 12.0. The van der Waals surface area contributed by atoms with Gasteiger partial charge < -0.3 is 20.1 Å². The molecule has 1 aromatic heterocycles. The molecule has 3 N–H and O–H groups in total. The molecule has 1 amide bonds. The summed E-state index contributed by atoms with van der Waals surface area (Å²) < 4.78 is 2.28. The second kappa shape index (κ2) is 11.9. The van der Waals surface area contributed by atoms with E-state index in [-0.39, 0.29) is 5.91 Å². The second-order valence-electron chi connectivity index (χ2n) is 6.87. The number of benzene rings is 1. The number of aryl methyl sites for hydroxylation is 1. The van der Waals surface area contributed by atoms with Gasteiger partial charge in [0.05, 0.1) is 17.8 Å². The lowest BCUT2D eigenvalue weighted by atomic mass is 10.1. The zero-order chi connectivity index (χ0) is 22.8. The first kappa shape index (κ1) is 24.2. The van der Waals surface area contributed by atoms with Gasteiger partial charge in [0.25, 0.3) is 0 Å². The van der Waals surface area contributed by atoms with Gasteiger partial charge in [-0.15, -0.1) is 11.8 Å². The Balaban J connectivity index is 0.000000366. The number of fused-ring (bicyclic) bond motifs is 1. The molecule has 0 unspecified atom stereocenters. The van der Waals surface area contributed by atoms with Crippen LogP contribution >= 0.6 is 11.8 Å². The Bertz CT molecular complexity index is 935. The standard InChI is InChI=1S/C18H23N3OS.C4H4O4/c1-19-17(22)12-15-18(13-7-9-14(23-2)10-8-13)20-16-6-4-3-5-11-21(15)16;5-3(6)1-2-4(7)8/h7-10H,3-6,11-12H2,1-2H3,(H,19,22);1-2H,(H,5,6)(H,7,8)/b;2-1+. The van der Waals surface area contributed by atoms with Crippen molar-refractivity contribution < 1.29 is 24.6 Å². The van der Waals surface area contributed by atoms with Crippen LogP contribution in [-0.4, -0.2) is 50.9 Å². The molecule has 3 rings (SSSR count). The van der Waals surface area contributed by atoms with E-state index in [9.17, 15) is 14.4 Å². The highest BCUT2D eigenvalue weighted by molar-refractivity contribution is 7.98. The molecule has 1 aromatic carbocycles. The Hall–Kier alpha value is -3.07. The van der Waals surface area contributed by atoms with Gasteiger partial charge in [0, 0.05) is 42.6 Å². The summed E-state index contributed by atoms with van der Waals surface area (Å²) >= 11 is 1.73. The van der Waals surface area contributed by atoms with E-state index in [0.717, 1.165) is 42.2 Å². The molecule has 0 fully saturated rings. The number of thioether (sulfide) groups is 1. The minimum absolute atomic E-state index is 0.0407. The SMILES string of the molecule is CNC(=O)Cc1c(-c2ccc(SC)cc2)nc2n1CCCCC2.O=C(O)/C=C/C(=O)O. The topological polar surface area (TPSA) is 122 Å². The summed E-state index contributed by atoms with van der Waals surface area (Å²) in [5.41, 5.74) is 3.12. The van der Waals surface area contributed by atoms with Crippen molar-refractivity contribution in [3.63, 3.8) is 0 Å². The molecule has 0 saturated heterocycles. The molecule has 0 radical (unpaired) electrons. The monoisotopic (exact) mass is 445 g/mol. The highest BCUT2D eigenvalue weighted by Gasteiger charge is 2.21. The number of nitrogens with one attached hydrogen (secondary N) is 1. The predicted molar refractivity (Wildman–Crippen MR) is 119 cm³/mol. The van der Waals surface area contributed by atoms with Gasteiger partial charge in [0.15, 0.2) is 0 Å². The van der Waals surface area contributed by atoms with Crippen molar-refractivity contribution in [2.45, 2.75) is 43.5 Å². The molecule has 0 bridgehead atoms. The number of nitrogens with zero attached hydrogens (tertiary/aromatic N) is 2. The number of amides is 1. The van der Waals surface area contributed by atoms with E-state index in [1.54, 1.807) is 18.8 Å². The molecule has 1 aliphatic heterocycles. The summed E-state index contributed by atoms with van der Waals surface area (Å²) in [6.45, 7) is 0.970. The molecule has 166 valence electrons. The number of imidazole rings is 1. The Morgan fingerprint density at radius 1 is 1.10 bits per heavy atom.